The lowest BCUT2D eigenvalue weighted by atomic mass is 9.96. The number of nitrogens with one attached hydrogen (secondary N) is 3. The lowest BCUT2D eigenvalue weighted by molar-refractivity contribution is -0.151. The molecule has 4 N–H and O–H groups in total. The topological polar surface area (TPSA) is 134 Å². The number of esters is 1. The first-order chi connectivity index (χ1) is 17.2. The second-order valence-electron chi connectivity index (χ2n) is 8.88. The Labute approximate surface area is 222 Å². The highest BCUT2D eigenvalue weighted by atomic mass is 32.1. The molecular weight excluding hydrogens is 502 g/mol. The van der Waals surface area contributed by atoms with Crippen molar-refractivity contribution in [1.29, 1.82) is 0 Å². The number of amides is 3. The summed E-state index contributed by atoms with van der Waals surface area (Å²) in [6.07, 6.45) is 1.17. The molecule has 3 amide bonds. The number of hydrogen-bond donors (Lipinski definition) is 6. The number of ether oxygens (including phenoxy) is 1. The average molecular weight is 538 g/mol. The first-order valence-electron chi connectivity index (χ1n) is 11.9. The fourth-order valence-electron chi connectivity index (χ4n) is 3.76. The number of thiol groups is 2. The smallest absolute Gasteiger partial charge is 0.309 e. The molecule has 0 aliphatic carbocycles. The maximum atomic E-state index is 13.2. The molecule has 36 heavy (non-hydrogen) atoms. The highest BCUT2D eigenvalue weighted by Crippen LogP contribution is 2.17. The maximum Gasteiger partial charge on any atom is 0.309 e. The summed E-state index contributed by atoms with van der Waals surface area (Å²) in [7, 11) is 0. The number of aliphatic hydroxyl groups excluding tert-OH is 1. The van der Waals surface area contributed by atoms with Crippen LogP contribution in [0.4, 0.5) is 0 Å². The molecule has 9 nitrogen and oxygen atoms in total. The van der Waals surface area contributed by atoms with E-state index in [9.17, 15) is 24.3 Å². The monoisotopic (exact) mass is 537 g/mol. The summed E-state index contributed by atoms with van der Waals surface area (Å²) in [6, 6.07) is 5.69. The fraction of sp³-hybridized carbons (Fsp3) is 0.520. The van der Waals surface area contributed by atoms with Crippen LogP contribution in [0.2, 0.25) is 0 Å². The van der Waals surface area contributed by atoms with E-state index in [1.807, 2.05) is 0 Å². The number of allylic oxidation sites excluding steroid dienone is 1. The Hall–Kier alpha value is -2.50. The van der Waals surface area contributed by atoms with Crippen LogP contribution in [0.5, 0.6) is 0 Å². The third-order valence-electron chi connectivity index (χ3n) is 5.65. The molecule has 1 aromatic carbocycles. The molecule has 0 spiro atoms. The Kier molecular flexibility index (Phi) is 12.3. The van der Waals surface area contributed by atoms with Gasteiger partial charge in [0, 0.05) is 5.75 Å². The number of aliphatic hydroxyl groups is 1. The van der Waals surface area contributed by atoms with Crippen molar-refractivity contribution in [2.24, 2.45) is 5.92 Å². The van der Waals surface area contributed by atoms with E-state index in [0.29, 0.717) is 17.7 Å². The van der Waals surface area contributed by atoms with Gasteiger partial charge in [-0.25, -0.2) is 0 Å². The van der Waals surface area contributed by atoms with Gasteiger partial charge in [-0.05, 0) is 29.7 Å². The predicted molar refractivity (Wildman–Crippen MR) is 143 cm³/mol. The van der Waals surface area contributed by atoms with Crippen LogP contribution >= 0.6 is 25.3 Å². The van der Waals surface area contributed by atoms with Gasteiger partial charge in [0.15, 0.2) is 0 Å². The summed E-state index contributed by atoms with van der Waals surface area (Å²) in [5, 5.41) is 18.8. The molecule has 0 radical (unpaired) electrons. The molecule has 1 heterocycles. The molecule has 0 bridgehead atoms. The van der Waals surface area contributed by atoms with Crippen LogP contribution in [0, 0.1) is 5.92 Å². The predicted octanol–water partition coefficient (Wildman–Crippen LogP) is 1.34. The first kappa shape index (κ1) is 29.7. The highest BCUT2D eigenvalue weighted by molar-refractivity contribution is 7.80. The van der Waals surface area contributed by atoms with Crippen LogP contribution in [0.3, 0.4) is 0 Å². The van der Waals surface area contributed by atoms with Gasteiger partial charge in [0.25, 0.3) is 0 Å². The van der Waals surface area contributed by atoms with Gasteiger partial charge in [-0.1, -0.05) is 50.3 Å². The Bertz CT molecular complexity index is 928. The molecule has 0 aromatic heterocycles. The van der Waals surface area contributed by atoms with Gasteiger partial charge in [-0.3, -0.25) is 19.2 Å². The largest absolute Gasteiger partial charge is 0.457 e. The number of carbonyl (C=O) groups excluding carboxylic acids is 4. The van der Waals surface area contributed by atoms with Gasteiger partial charge in [-0.2, -0.15) is 25.3 Å². The van der Waals surface area contributed by atoms with E-state index in [-0.39, 0.29) is 24.5 Å². The highest BCUT2D eigenvalue weighted by Gasteiger charge is 2.33. The number of rotatable bonds is 6. The molecule has 1 aliphatic heterocycles. The van der Waals surface area contributed by atoms with Crippen LogP contribution in [-0.4, -0.2) is 64.6 Å². The molecule has 0 saturated carbocycles. The minimum absolute atomic E-state index is 0.0198. The third-order valence-corrected chi connectivity index (χ3v) is 6.27. The Morgan fingerprint density at radius 3 is 2.33 bits per heavy atom. The summed E-state index contributed by atoms with van der Waals surface area (Å²) in [4.78, 5) is 51.8. The van der Waals surface area contributed by atoms with Gasteiger partial charge in [0.05, 0.1) is 25.0 Å². The molecule has 1 aliphatic rings. The SMILES string of the molecule is CC(C)[C@H]1NC(=O)[C@@H](CS)NC(=O)[C@H](c2ccccc2)NC(=O)C[C@@H](C=CCCS)OC(=O)C[C@@H]1O. The van der Waals surface area contributed by atoms with Crippen LogP contribution in [-0.2, 0) is 23.9 Å². The Morgan fingerprint density at radius 1 is 1.03 bits per heavy atom. The van der Waals surface area contributed by atoms with Crippen molar-refractivity contribution in [3.05, 3.63) is 48.0 Å². The van der Waals surface area contributed by atoms with E-state index in [2.05, 4.69) is 41.2 Å². The van der Waals surface area contributed by atoms with Crippen LogP contribution in [0.25, 0.3) is 0 Å². The number of carbonyl (C=O) groups is 4. The van der Waals surface area contributed by atoms with Crippen molar-refractivity contribution < 1.29 is 29.0 Å². The molecule has 0 unspecified atom stereocenters. The lowest BCUT2D eigenvalue weighted by Crippen LogP contribution is -2.56. The van der Waals surface area contributed by atoms with Crippen molar-refractivity contribution in [2.75, 3.05) is 11.5 Å². The number of benzene rings is 1. The summed E-state index contributed by atoms with van der Waals surface area (Å²) >= 11 is 8.36. The minimum Gasteiger partial charge on any atom is -0.457 e. The fourth-order valence-corrected chi connectivity index (χ4v) is 4.16. The zero-order valence-electron chi connectivity index (χ0n) is 20.4. The van der Waals surface area contributed by atoms with Gasteiger partial charge >= 0.3 is 5.97 Å². The first-order valence-corrected chi connectivity index (χ1v) is 13.1. The summed E-state index contributed by atoms with van der Waals surface area (Å²) in [5.41, 5.74) is 0.514. The lowest BCUT2D eigenvalue weighted by Gasteiger charge is -2.29. The van der Waals surface area contributed by atoms with Crippen LogP contribution < -0.4 is 16.0 Å². The van der Waals surface area contributed by atoms with Gasteiger partial charge in [0.2, 0.25) is 17.7 Å². The van der Waals surface area contributed by atoms with Crippen LogP contribution in [0.15, 0.2) is 42.5 Å². The van der Waals surface area contributed by atoms with E-state index in [4.69, 9.17) is 4.74 Å². The normalized spacial score (nSPS) is 27.0. The minimum atomic E-state index is -1.24. The molecule has 1 aromatic rings. The van der Waals surface area contributed by atoms with Crippen molar-refractivity contribution in [2.45, 2.75) is 63.4 Å². The standard InChI is InChI=1S/C25H35N3O6S2/c1-15(2)22-19(29)13-21(31)34-17(10-6-7-11-35)12-20(30)27-23(16-8-4-3-5-9-16)25(33)26-18(14-36)24(32)28-22/h3-6,8-10,15,17-19,22-23,29,35-36H,7,11-14H2,1-2H3,(H,26,33)(H,27,30)(H,28,32)/t17-,18-,19+,22-,23+/m1/s1. The molecule has 11 heteroatoms. The molecule has 198 valence electrons. The van der Waals surface area contributed by atoms with E-state index >= 15 is 0 Å². The zero-order valence-corrected chi connectivity index (χ0v) is 22.2. The molecule has 2 rings (SSSR count). The summed E-state index contributed by atoms with van der Waals surface area (Å²) in [6.45, 7) is 3.58. The van der Waals surface area contributed by atoms with Gasteiger partial charge in [-0.15, -0.1) is 0 Å². The molecule has 1 fully saturated rings. The number of cyclic esters (lactones) is 1. The molecule has 1 saturated heterocycles. The third kappa shape index (κ3) is 9.18. The van der Waals surface area contributed by atoms with Gasteiger partial charge < -0.3 is 25.8 Å². The molecular formula is C25H35N3O6S2. The zero-order chi connectivity index (χ0) is 26.7. The Morgan fingerprint density at radius 2 is 1.72 bits per heavy atom. The van der Waals surface area contributed by atoms with Crippen molar-refractivity contribution >= 4 is 48.9 Å². The second-order valence-corrected chi connectivity index (χ2v) is 9.69. The number of hydrogen-bond acceptors (Lipinski definition) is 8. The van der Waals surface area contributed by atoms with Crippen molar-refractivity contribution in [3.63, 3.8) is 0 Å². The van der Waals surface area contributed by atoms with E-state index < -0.39 is 54.0 Å². The maximum absolute atomic E-state index is 13.2. The van der Waals surface area contributed by atoms with Gasteiger partial charge in [0.1, 0.15) is 18.2 Å². The average Bonchev–Trinajstić information content (AvgIpc) is 2.83. The summed E-state index contributed by atoms with van der Waals surface area (Å²) in [5.74, 6) is -2.09. The van der Waals surface area contributed by atoms with E-state index in [1.165, 1.54) is 0 Å². The van der Waals surface area contributed by atoms with Crippen molar-refractivity contribution in [3.8, 4) is 0 Å². The van der Waals surface area contributed by atoms with Crippen molar-refractivity contribution in [1.82, 2.24) is 16.0 Å². The molecule has 5 atom stereocenters. The van der Waals surface area contributed by atoms with Crippen LogP contribution in [0.1, 0.15) is 44.7 Å². The summed E-state index contributed by atoms with van der Waals surface area (Å²) < 4.78 is 5.48. The van der Waals surface area contributed by atoms with E-state index in [0.717, 1.165) is 0 Å². The Balaban J connectivity index is 2.43. The quantitative estimate of drug-likeness (QED) is 0.184. The second kappa shape index (κ2) is 14.9. The van der Waals surface area contributed by atoms with E-state index in [1.54, 1.807) is 56.3 Å².